The summed E-state index contributed by atoms with van der Waals surface area (Å²) >= 11 is 0. The van der Waals surface area contributed by atoms with Crippen molar-refractivity contribution in [1.29, 1.82) is 0 Å². The number of rotatable bonds is 2. The molecule has 0 saturated carbocycles. The molecule has 106 valence electrons. The summed E-state index contributed by atoms with van der Waals surface area (Å²) in [6.07, 6.45) is 0. The molecule has 1 aromatic heterocycles. The first-order chi connectivity index (χ1) is 9.58. The second-order valence-electron chi connectivity index (χ2n) is 5.39. The van der Waals surface area contributed by atoms with E-state index >= 15 is 0 Å². The molecule has 0 atom stereocenters. The first kappa shape index (κ1) is 13.0. The fourth-order valence-electron chi connectivity index (χ4n) is 2.87. The third-order valence-electron chi connectivity index (χ3n) is 4.13. The molecule has 1 aromatic carbocycles. The molecule has 0 bridgehead atoms. The van der Waals surface area contributed by atoms with Gasteiger partial charge in [0.05, 0.1) is 5.52 Å². The van der Waals surface area contributed by atoms with Crippen LogP contribution in [0.1, 0.15) is 10.5 Å². The van der Waals surface area contributed by atoms with Crippen molar-refractivity contribution in [3.63, 3.8) is 0 Å². The van der Waals surface area contributed by atoms with Crippen LogP contribution in [0.3, 0.4) is 0 Å². The van der Waals surface area contributed by atoms with E-state index < -0.39 is 5.97 Å². The van der Waals surface area contributed by atoms with Gasteiger partial charge < -0.3 is 19.5 Å². The van der Waals surface area contributed by atoms with Gasteiger partial charge in [-0.3, -0.25) is 0 Å². The van der Waals surface area contributed by atoms with E-state index in [-0.39, 0.29) is 0 Å². The molecule has 1 aliphatic heterocycles. The molecule has 1 fully saturated rings. The van der Waals surface area contributed by atoms with Crippen molar-refractivity contribution in [2.45, 2.75) is 0 Å². The highest BCUT2D eigenvalue weighted by Crippen LogP contribution is 2.30. The molecular weight excluding hydrogens is 254 g/mol. The summed E-state index contributed by atoms with van der Waals surface area (Å²) in [7, 11) is 3.93. The number of nitrogens with zero attached hydrogens (tertiary/aromatic N) is 3. The Kier molecular flexibility index (Phi) is 3.14. The van der Waals surface area contributed by atoms with Gasteiger partial charge in [0.15, 0.2) is 0 Å². The number of hydrogen-bond acceptors (Lipinski definition) is 3. The number of hydrogen-bond donors (Lipinski definition) is 1. The van der Waals surface area contributed by atoms with Crippen LogP contribution in [0.5, 0.6) is 0 Å². The number of carboxylic acid groups (broad SMARTS) is 1. The highest BCUT2D eigenvalue weighted by molar-refractivity contribution is 6.00. The maximum absolute atomic E-state index is 11.3. The van der Waals surface area contributed by atoms with Crippen molar-refractivity contribution < 1.29 is 9.90 Å². The van der Waals surface area contributed by atoms with Gasteiger partial charge in [-0.1, -0.05) is 6.07 Å². The minimum atomic E-state index is -0.881. The van der Waals surface area contributed by atoms with Crippen LogP contribution < -0.4 is 4.90 Å². The van der Waals surface area contributed by atoms with Crippen LogP contribution in [-0.2, 0) is 7.05 Å². The minimum Gasteiger partial charge on any atom is -0.477 e. The molecule has 1 N–H and O–H groups in total. The summed E-state index contributed by atoms with van der Waals surface area (Å²) in [4.78, 5) is 15.9. The highest BCUT2D eigenvalue weighted by atomic mass is 16.4. The number of aromatic nitrogens is 1. The minimum absolute atomic E-state index is 0.335. The Balaban J connectivity index is 2.07. The topological polar surface area (TPSA) is 48.7 Å². The fraction of sp³-hybridized carbons (Fsp3) is 0.400. The molecule has 2 aromatic rings. The molecule has 1 aliphatic rings. The standard InChI is InChI=1S/C15H19N3O2/c1-16-6-8-18(9-7-16)13-5-3-4-12-11(13)10-14(15(19)20)17(12)2/h3-5,10H,6-9H2,1-2H3,(H,19,20). The van der Waals surface area contributed by atoms with Crippen LogP contribution in [0.25, 0.3) is 10.9 Å². The average Bonchev–Trinajstić information content (AvgIpc) is 2.78. The number of carboxylic acids is 1. The van der Waals surface area contributed by atoms with Gasteiger partial charge >= 0.3 is 5.97 Å². The number of anilines is 1. The summed E-state index contributed by atoms with van der Waals surface area (Å²) in [5.41, 5.74) is 2.44. The van der Waals surface area contributed by atoms with Gasteiger partial charge in [-0.05, 0) is 25.2 Å². The summed E-state index contributed by atoms with van der Waals surface area (Å²) in [6.45, 7) is 4.03. The normalized spacial score (nSPS) is 16.8. The number of benzene rings is 1. The average molecular weight is 273 g/mol. The number of aromatic carboxylic acids is 1. The second-order valence-corrected chi connectivity index (χ2v) is 5.39. The molecule has 1 saturated heterocycles. The summed E-state index contributed by atoms with van der Waals surface area (Å²) in [5.74, 6) is -0.881. The lowest BCUT2D eigenvalue weighted by atomic mass is 10.1. The van der Waals surface area contributed by atoms with Gasteiger partial charge in [-0.25, -0.2) is 4.79 Å². The zero-order chi connectivity index (χ0) is 14.3. The quantitative estimate of drug-likeness (QED) is 0.903. The SMILES string of the molecule is CN1CCN(c2cccc3c2cc(C(=O)O)n3C)CC1. The first-order valence-electron chi connectivity index (χ1n) is 6.83. The second kappa shape index (κ2) is 4.83. The largest absolute Gasteiger partial charge is 0.477 e. The lowest BCUT2D eigenvalue weighted by Gasteiger charge is -2.34. The van der Waals surface area contributed by atoms with Gasteiger partial charge in [-0.2, -0.15) is 0 Å². The smallest absolute Gasteiger partial charge is 0.352 e. The molecule has 3 rings (SSSR count). The van der Waals surface area contributed by atoms with Crippen molar-refractivity contribution >= 4 is 22.6 Å². The summed E-state index contributed by atoms with van der Waals surface area (Å²) < 4.78 is 1.75. The molecule has 2 heterocycles. The molecule has 0 spiro atoms. The Bertz CT molecular complexity index is 654. The molecule has 5 nitrogen and oxygen atoms in total. The van der Waals surface area contributed by atoms with E-state index in [2.05, 4.69) is 22.9 Å². The van der Waals surface area contributed by atoms with Gasteiger partial charge in [0.2, 0.25) is 0 Å². The van der Waals surface area contributed by atoms with Crippen molar-refractivity contribution in [3.8, 4) is 0 Å². The van der Waals surface area contributed by atoms with Gasteiger partial charge in [0, 0.05) is 44.3 Å². The van der Waals surface area contributed by atoms with E-state index in [1.165, 1.54) is 0 Å². The van der Waals surface area contributed by atoms with Crippen LogP contribution in [-0.4, -0.2) is 53.8 Å². The van der Waals surface area contributed by atoms with Gasteiger partial charge in [0.1, 0.15) is 5.69 Å². The van der Waals surface area contributed by atoms with Gasteiger partial charge in [0.25, 0.3) is 0 Å². The maximum Gasteiger partial charge on any atom is 0.352 e. The van der Waals surface area contributed by atoms with Crippen LogP contribution in [0.2, 0.25) is 0 Å². The molecule has 0 radical (unpaired) electrons. The van der Waals surface area contributed by atoms with Gasteiger partial charge in [-0.15, -0.1) is 0 Å². The molecule has 20 heavy (non-hydrogen) atoms. The Labute approximate surface area is 118 Å². The lowest BCUT2D eigenvalue weighted by Crippen LogP contribution is -2.44. The summed E-state index contributed by atoms with van der Waals surface area (Å²) in [5, 5.41) is 10.3. The number of carbonyl (C=O) groups is 1. The predicted octanol–water partition coefficient (Wildman–Crippen LogP) is 1.63. The lowest BCUT2D eigenvalue weighted by molar-refractivity contribution is 0.0687. The number of fused-ring (bicyclic) bond motifs is 1. The first-order valence-corrected chi connectivity index (χ1v) is 6.83. The van der Waals surface area contributed by atoms with Crippen LogP contribution in [0, 0.1) is 0 Å². The van der Waals surface area contributed by atoms with E-state index in [1.807, 2.05) is 12.1 Å². The third-order valence-corrected chi connectivity index (χ3v) is 4.13. The summed E-state index contributed by atoms with van der Waals surface area (Å²) in [6, 6.07) is 7.84. The Morgan fingerprint density at radius 2 is 1.85 bits per heavy atom. The highest BCUT2D eigenvalue weighted by Gasteiger charge is 2.19. The zero-order valence-electron chi connectivity index (χ0n) is 11.8. The predicted molar refractivity (Wildman–Crippen MR) is 79.6 cm³/mol. The molecule has 0 unspecified atom stereocenters. The maximum atomic E-state index is 11.3. The zero-order valence-corrected chi connectivity index (χ0v) is 11.8. The fourth-order valence-corrected chi connectivity index (χ4v) is 2.87. The Morgan fingerprint density at radius 1 is 1.15 bits per heavy atom. The van der Waals surface area contributed by atoms with E-state index in [0.29, 0.717) is 5.69 Å². The van der Waals surface area contributed by atoms with E-state index in [0.717, 1.165) is 42.8 Å². The van der Waals surface area contributed by atoms with Crippen molar-refractivity contribution in [3.05, 3.63) is 30.0 Å². The number of piperazine rings is 1. The Hall–Kier alpha value is -2.01. The monoisotopic (exact) mass is 273 g/mol. The van der Waals surface area contributed by atoms with Crippen molar-refractivity contribution in [1.82, 2.24) is 9.47 Å². The van der Waals surface area contributed by atoms with Crippen LogP contribution >= 0.6 is 0 Å². The van der Waals surface area contributed by atoms with E-state index in [1.54, 1.807) is 17.7 Å². The Morgan fingerprint density at radius 3 is 2.50 bits per heavy atom. The van der Waals surface area contributed by atoms with Crippen molar-refractivity contribution in [2.75, 3.05) is 38.1 Å². The number of aryl methyl sites for hydroxylation is 1. The molecule has 0 aliphatic carbocycles. The molecule has 0 amide bonds. The van der Waals surface area contributed by atoms with Crippen molar-refractivity contribution in [2.24, 2.45) is 7.05 Å². The molecular formula is C15H19N3O2. The van der Waals surface area contributed by atoms with E-state index in [9.17, 15) is 9.90 Å². The van der Waals surface area contributed by atoms with E-state index in [4.69, 9.17) is 0 Å². The van der Waals surface area contributed by atoms with Crippen LogP contribution in [0.15, 0.2) is 24.3 Å². The third kappa shape index (κ3) is 2.04. The number of likely N-dealkylation sites (N-methyl/N-ethyl adjacent to an activating group) is 1. The molecule has 5 heteroatoms. The van der Waals surface area contributed by atoms with Crippen LogP contribution in [0.4, 0.5) is 5.69 Å².